The molecule has 0 aliphatic heterocycles. The smallest absolute Gasteiger partial charge is 0.0462 e. The van der Waals surface area contributed by atoms with Crippen molar-refractivity contribution >= 4 is 11.6 Å². The summed E-state index contributed by atoms with van der Waals surface area (Å²) >= 11 is 5.87. The first kappa shape index (κ1) is 12.9. The summed E-state index contributed by atoms with van der Waals surface area (Å²) in [4.78, 5) is 0. The molecule has 1 atom stereocenters. The molecule has 0 heterocycles. The molecule has 1 aromatic rings. The molecule has 1 nitrogen and oxygen atoms in total. The maximum absolute atomic E-state index is 9.48. The Morgan fingerprint density at radius 2 is 1.82 bits per heavy atom. The van der Waals surface area contributed by atoms with Crippen LogP contribution in [0.2, 0.25) is 5.02 Å². The fraction of sp³-hybridized carbons (Fsp3) is 0.600. The lowest BCUT2D eigenvalue weighted by Gasteiger charge is -2.18. The van der Waals surface area contributed by atoms with E-state index >= 15 is 0 Å². The van der Waals surface area contributed by atoms with E-state index in [0.717, 1.165) is 17.4 Å². The average molecular weight is 253 g/mol. The Balaban J connectivity index is 1.87. The summed E-state index contributed by atoms with van der Waals surface area (Å²) in [6, 6.07) is 8.00. The van der Waals surface area contributed by atoms with Crippen molar-refractivity contribution in [1.82, 2.24) is 0 Å². The first-order valence-electron chi connectivity index (χ1n) is 6.63. The highest BCUT2D eigenvalue weighted by Crippen LogP contribution is 2.31. The second-order valence-corrected chi connectivity index (χ2v) is 5.70. The minimum absolute atomic E-state index is 0.305. The van der Waals surface area contributed by atoms with Crippen LogP contribution in [0.25, 0.3) is 0 Å². The summed E-state index contributed by atoms with van der Waals surface area (Å²) in [5, 5.41) is 10.3. The quantitative estimate of drug-likeness (QED) is 0.838. The van der Waals surface area contributed by atoms with E-state index in [0.29, 0.717) is 12.5 Å². The van der Waals surface area contributed by atoms with Gasteiger partial charge in [0.15, 0.2) is 0 Å². The number of hydrogen-bond acceptors (Lipinski definition) is 1. The zero-order valence-electron chi connectivity index (χ0n) is 10.2. The number of benzene rings is 1. The van der Waals surface area contributed by atoms with Crippen molar-refractivity contribution in [3.8, 4) is 0 Å². The Hall–Kier alpha value is -0.530. The molecule has 1 N–H and O–H groups in total. The third-order valence-electron chi connectivity index (χ3n) is 3.84. The van der Waals surface area contributed by atoms with Gasteiger partial charge in [-0.3, -0.25) is 0 Å². The monoisotopic (exact) mass is 252 g/mol. The Kier molecular flexibility index (Phi) is 4.87. The summed E-state index contributed by atoms with van der Waals surface area (Å²) in [6.45, 7) is 0.305. The molecule has 1 unspecified atom stereocenters. The molecule has 1 saturated carbocycles. The highest BCUT2D eigenvalue weighted by molar-refractivity contribution is 6.30. The molecule has 0 radical (unpaired) electrons. The molecule has 17 heavy (non-hydrogen) atoms. The van der Waals surface area contributed by atoms with Crippen molar-refractivity contribution < 1.29 is 5.11 Å². The van der Waals surface area contributed by atoms with Crippen LogP contribution in [0.3, 0.4) is 0 Å². The summed E-state index contributed by atoms with van der Waals surface area (Å²) in [5.41, 5.74) is 1.28. The van der Waals surface area contributed by atoms with Gasteiger partial charge in [-0.1, -0.05) is 49.4 Å². The molecule has 0 spiro atoms. The maximum atomic E-state index is 9.48. The number of aliphatic hydroxyl groups is 1. The Bertz CT molecular complexity index is 327. The summed E-state index contributed by atoms with van der Waals surface area (Å²) in [6.07, 6.45) is 7.63. The SMILES string of the molecule is OCC(Cc1ccc(Cl)cc1)CC1CCCC1. The Labute approximate surface area is 109 Å². The molecule has 0 aromatic heterocycles. The van der Waals surface area contributed by atoms with Crippen LogP contribution >= 0.6 is 11.6 Å². The van der Waals surface area contributed by atoms with Crippen LogP contribution in [0, 0.1) is 11.8 Å². The molecule has 1 aromatic carbocycles. The first-order chi connectivity index (χ1) is 8.28. The van der Waals surface area contributed by atoms with Gasteiger partial charge >= 0.3 is 0 Å². The first-order valence-corrected chi connectivity index (χ1v) is 7.01. The molecular weight excluding hydrogens is 232 g/mol. The van der Waals surface area contributed by atoms with Crippen molar-refractivity contribution in [3.05, 3.63) is 34.9 Å². The Morgan fingerprint density at radius 1 is 1.18 bits per heavy atom. The fourth-order valence-corrected chi connectivity index (χ4v) is 3.02. The third kappa shape index (κ3) is 4.01. The highest BCUT2D eigenvalue weighted by atomic mass is 35.5. The topological polar surface area (TPSA) is 20.2 Å². The third-order valence-corrected chi connectivity index (χ3v) is 4.09. The molecule has 1 aliphatic carbocycles. The second-order valence-electron chi connectivity index (χ2n) is 5.27. The van der Waals surface area contributed by atoms with Gasteiger partial charge in [0, 0.05) is 11.6 Å². The lowest BCUT2D eigenvalue weighted by atomic mass is 9.89. The molecule has 0 amide bonds. The van der Waals surface area contributed by atoms with E-state index in [1.54, 1.807) is 0 Å². The van der Waals surface area contributed by atoms with E-state index in [1.807, 2.05) is 12.1 Å². The van der Waals surface area contributed by atoms with Crippen molar-refractivity contribution in [2.75, 3.05) is 6.61 Å². The van der Waals surface area contributed by atoms with Gasteiger partial charge in [-0.25, -0.2) is 0 Å². The van der Waals surface area contributed by atoms with Gasteiger partial charge in [-0.05, 0) is 42.4 Å². The normalized spacial score (nSPS) is 18.5. The lowest BCUT2D eigenvalue weighted by molar-refractivity contribution is 0.200. The van der Waals surface area contributed by atoms with Crippen LogP contribution in [-0.2, 0) is 6.42 Å². The predicted octanol–water partition coefficient (Wildman–Crippen LogP) is 4.07. The molecule has 0 bridgehead atoms. The van der Waals surface area contributed by atoms with E-state index in [1.165, 1.54) is 37.7 Å². The maximum Gasteiger partial charge on any atom is 0.0462 e. The second kappa shape index (κ2) is 6.42. The zero-order valence-corrected chi connectivity index (χ0v) is 11.0. The van der Waals surface area contributed by atoms with Gasteiger partial charge in [-0.15, -0.1) is 0 Å². The highest BCUT2D eigenvalue weighted by Gasteiger charge is 2.19. The van der Waals surface area contributed by atoms with E-state index in [-0.39, 0.29) is 0 Å². The van der Waals surface area contributed by atoms with E-state index in [9.17, 15) is 5.11 Å². The minimum Gasteiger partial charge on any atom is -0.396 e. The van der Waals surface area contributed by atoms with Crippen LogP contribution in [-0.4, -0.2) is 11.7 Å². The fourth-order valence-electron chi connectivity index (χ4n) is 2.89. The standard InChI is InChI=1S/C15H21ClO/c16-15-7-5-13(6-8-15)10-14(11-17)9-12-3-1-2-4-12/h5-8,12,14,17H,1-4,9-11H2. The van der Waals surface area contributed by atoms with Gasteiger partial charge in [0.1, 0.15) is 0 Å². The molecule has 94 valence electrons. The Morgan fingerprint density at radius 3 is 2.41 bits per heavy atom. The van der Waals surface area contributed by atoms with Crippen molar-refractivity contribution in [2.45, 2.75) is 38.5 Å². The largest absolute Gasteiger partial charge is 0.396 e. The van der Waals surface area contributed by atoms with Crippen molar-refractivity contribution in [2.24, 2.45) is 11.8 Å². The van der Waals surface area contributed by atoms with Crippen LogP contribution < -0.4 is 0 Å². The van der Waals surface area contributed by atoms with Crippen LogP contribution in [0.5, 0.6) is 0 Å². The molecular formula is C15H21ClO. The van der Waals surface area contributed by atoms with Gasteiger partial charge in [0.25, 0.3) is 0 Å². The molecule has 2 rings (SSSR count). The van der Waals surface area contributed by atoms with E-state index in [2.05, 4.69) is 12.1 Å². The minimum atomic E-state index is 0.305. The number of halogens is 1. The summed E-state index contributed by atoms with van der Waals surface area (Å²) < 4.78 is 0. The van der Waals surface area contributed by atoms with E-state index < -0.39 is 0 Å². The van der Waals surface area contributed by atoms with Gasteiger partial charge in [0.05, 0.1) is 0 Å². The summed E-state index contributed by atoms with van der Waals surface area (Å²) in [5.74, 6) is 1.26. The predicted molar refractivity (Wildman–Crippen MR) is 72.3 cm³/mol. The van der Waals surface area contributed by atoms with Gasteiger partial charge in [-0.2, -0.15) is 0 Å². The van der Waals surface area contributed by atoms with Crippen LogP contribution in [0.15, 0.2) is 24.3 Å². The van der Waals surface area contributed by atoms with Crippen LogP contribution in [0.4, 0.5) is 0 Å². The molecule has 1 fully saturated rings. The molecule has 0 saturated heterocycles. The average Bonchev–Trinajstić information content (AvgIpc) is 2.84. The molecule has 1 aliphatic rings. The van der Waals surface area contributed by atoms with Crippen molar-refractivity contribution in [3.63, 3.8) is 0 Å². The zero-order chi connectivity index (χ0) is 12.1. The van der Waals surface area contributed by atoms with E-state index in [4.69, 9.17) is 11.6 Å². The number of hydrogen-bond donors (Lipinski definition) is 1. The number of rotatable bonds is 5. The molecule has 2 heteroatoms. The number of aliphatic hydroxyl groups excluding tert-OH is 1. The van der Waals surface area contributed by atoms with Crippen LogP contribution in [0.1, 0.15) is 37.7 Å². The summed E-state index contributed by atoms with van der Waals surface area (Å²) in [7, 11) is 0. The van der Waals surface area contributed by atoms with Crippen molar-refractivity contribution in [1.29, 1.82) is 0 Å². The van der Waals surface area contributed by atoms with Gasteiger partial charge in [0.2, 0.25) is 0 Å². The van der Waals surface area contributed by atoms with Gasteiger partial charge < -0.3 is 5.11 Å². The lowest BCUT2D eigenvalue weighted by Crippen LogP contribution is -2.13.